The summed E-state index contributed by atoms with van der Waals surface area (Å²) >= 11 is 0. The van der Waals surface area contributed by atoms with Gasteiger partial charge in [0.15, 0.2) is 0 Å². The molecule has 3 aliphatic rings. The van der Waals surface area contributed by atoms with Crippen molar-refractivity contribution < 1.29 is 4.79 Å². The van der Waals surface area contributed by atoms with Crippen LogP contribution >= 0.6 is 12.4 Å². The van der Waals surface area contributed by atoms with Crippen molar-refractivity contribution in [2.75, 3.05) is 6.54 Å². The fourth-order valence-electron chi connectivity index (χ4n) is 4.67. The van der Waals surface area contributed by atoms with Crippen molar-refractivity contribution in [1.82, 2.24) is 5.32 Å². The zero-order chi connectivity index (χ0) is 12.7. The van der Waals surface area contributed by atoms with Gasteiger partial charge in [-0.3, -0.25) is 4.79 Å². The van der Waals surface area contributed by atoms with E-state index in [0.717, 1.165) is 36.5 Å². The van der Waals surface area contributed by atoms with Crippen LogP contribution in [0.15, 0.2) is 0 Å². The van der Waals surface area contributed by atoms with Crippen molar-refractivity contribution in [2.24, 2.45) is 35.3 Å². The molecule has 19 heavy (non-hydrogen) atoms. The first-order chi connectivity index (χ1) is 8.76. The van der Waals surface area contributed by atoms with Gasteiger partial charge in [0.05, 0.1) is 0 Å². The number of nitrogens with two attached hydrogens (primary N) is 1. The van der Waals surface area contributed by atoms with E-state index in [0.29, 0.717) is 18.4 Å². The fraction of sp³-hybridized carbons (Fsp3) is 0.933. The van der Waals surface area contributed by atoms with Crippen LogP contribution in [0.4, 0.5) is 0 Å². The second-order valence-corrected chi connectivity index (χ2v) is 6.60. The predicted molar refractivity (Wildman–Crippen MR) is 79.1 cm³/mol. The smallest absolute Gasteiger partial charge is 0.223 e. The molecule has 0 aromatic heterocycles. The first-order valence-corrected chi connectivity index (χ1v) is 7.76. The van der Waals surface area contributed by atoms with Gasteiger partial charge in [0.2, 0.25) is 5.91 Å². The maximum Gasteiger partial charge on any atom is 0.223 e. The largest absolute Gasteiger partial charge is 0.352 e. The van der Waals surface area contributed by atoms with Gasteiger partial charge in [-0.1, -0.05) is 19.8 Å². The molecule has 0 radical (unpaired) electrons. The van der Waals surface area contributed by atoms with Crippen LogP contribution in [0.5, 0.6) is 0 Å². The van der Waals surface area contributed by atoms with Crippen molar-refractivity contribution in [1.29, 1.82) is 0 Å². The van der Waals surface area contributed by atoms with Crippen molar-refractivity contribution in [2.45, 2.75) is 51.5 Å². The molecule has 110 valence electrons. The summed E-state index contributed by atoms with van der Waals surface area (Å²) in [4.78, 5) is 12.3. The lowest BCUT2D eigenvalue weighted by atomic mass is 10.0. The number of carbonyl (C=O) groups is 1. The summed E-state index contributed by atoms with van der Waals surface area (Å²) in [6.45, 7) is 2.76. The Morgan fingerprint density at radius 3 is 2.47 bits per heavy atom. The fourth-order valence-corrected chi connectivity index (χ4v) is 4.67. The zero-order valence-electron chi connectivity index (χ0n) is 11.8. The molecule has 0 heterocycles. The number of rotatable bonds is 6. The van der Waals surface area contributed by atoms with Crippen molar-refractivity contribution in [3.05, 3.63) is 0 Å². The van der Waals surface area contributed by atoms with Crippen LogP contribution < -0.4 is 11.1 Å². The van der Waals surface area contributed by atoms with Crippen LogP contribution in [0.3, 0.4) is 0 Å². The predicted octanol–water partition coefficient (Wildman–Crippen LogP) is 2.33. The van der Waals surface area contributed by atoms with Gasteiger partial charge in [0.25, 0.3) is 0 Å². The third-order valence-electron chi connectivity index (χ3n) is 5.58. The Balaban J connectivity index is 0.00000133. The summed E-state index contributed by atoms with van der Waals surface area (Å²) in [7, 11) is 0. The van der Waals surface area contributed by atoms with Crippen LogP contribution in [-0.4, -0.2) is 18.5 Å². The molecule has 3 aliphatic carbocycles. The second-order valence-electron chi connectivity index (χ2n) is 6.60. The van der Waals surface area contributed by atoms with E-state index in [1.54, 1.807) is 0 Å². The highest BCUT2D eigenvalue weighted by atomic mass is 35.5. The van der Waals surface area contributed by atoms with Gasteiger partial charge in [-0.15, -0.1) is 12.4 Å². The molecular weight excluding hydrogens is 260 g/mol. The maximum atomic E-state index is 12.3. The monoisotopic (exact) mass is 286 g/mol. The minimum Gasteiger partial charge on any atom is -0.352 e. The first kappa shape index (κ1) is 15.1. The number of hydrogen-bond acceptors (Lipinski definition) is 2. The highest BCUT2D eigenvalue weighted by Gasteiger charge is 2.67. The van der Waals surface area contributed by atoms with Crippen LogP contribution in [0, 0.1) is 29.6 Å². The second kappa shape index (κ2) is 6.01. The molecule has 0 aliphatic heterocycles. The average Bonchev–Trinajstić information content (AvgIpc) is 2.83. The molecule has 4 heteroatoms. The summed E-state index contributed by atoms with van der Waals surface area (Å²) < 4.78 is 0. The molecule has 3 N–H and O–H groups in total. The van der Waals surface area contributed by atoms with E-state index in [1.807, 2.05) is 0 Å². The summed E-state index contributed by atoms with van der Waals surface area (Å²) in [5.41, 5.74) is 5.75. The third kappa shape index (κ3) is 2.64. The number of amides is 1. The molecule has 0 aromatic carbocycles. The normalized spacial score (nSPS) is 39.4. The topological polar surface area (TPSA) is 55.1 Å². The Kier molecular flexibility index (Phi) is 4.78. The summed E-state index contributed by atoms with van der Waals surface area (Å²) in [6, 6.07) is 0.205. The minimum absolute atomic E-state index is 0. The van der Waals surface area contributed by atoms with Crippen LogP contribution in [0.1, 0.15) is 45.4 Å². The molecule has 5 unspecified atom stereocenters. The van der Waals surface area contributed by atoms with Gasteiger partial charge in [-0.05, 0) is 49.4 Å². The van der Waals surface area contributed by atoms with Crippen LogP contribution in [-0.2, 0) is 4.79 Å². The van der Waals surface area contributed by atoms with E-state index in [2.05, 4.69) is 12.2 Å². The van der Waals surface area contributed by atoms with E-state index >= 15 is 0 Å². The Bertz CT molecular complexity index is 320. The molecule has 2 bridgehead atoms. The van der Waals surface area contributed by atoms with Crippen molar-refractivity contribution in [3.8, 4) is 0 Å². The molecule has 0 spiro atoms. The molecule has 3 saturated carbocycles. The number of carbonyl (C=O) groups excluding carboxylic acids is 1. The Morgan fingerprint density at radius 2 is 1.95 bits per heavy atom. The molecule has 0 saturated heterocycles. The van der Waals surface area contributed by atoms with Crippen molar-refractivity contribution >= 4 is 18.3 Å². The van der Waals surface area contributed by atoms with Gasteiger partial charge in [-0.2, -0.15) is 0 Å². The average molecular weight is 287 g/mol. The molecular formula is C15H27ClN2O. The van der Waals surface area contributed by atoms with Gasteiger partial charge in [0.1, 0.15) is 0 Å². The Hall–Kier alpha value is -0.280. The molecule has 3 rings (SSSR count). The number of fused-ring (bicyclic) bond motifs is 5. The molecule has 3 fully saturated rings. The summed E-state index contributed by atoms with van der Waals surface area (Å²) in [5.74, 6) is 3.91. The maximum absolute atomic E-state index is 12.3. The quantitative estimate of drug-likeness (QED) is 0.787. The van der Waals surface area contributed by atoms with Crippen LogP contribution in [0.2, 0.25) is 0 Å². The Morgan fingerprint density at radius 1 is 1.32 bits per heavy atom. The van der Waals surface area contributed by atoms with E-state index in [-0.39, 0.29) is 18.4 Å². The third-order valence-corrected chi connectivity index (χ3v) is 5.58. The van der Waals surface area contributed by atoms with Gasteiger partial charge < -0.3 is 11.1 Å². The van der Waals surface area contributed by atoms with Crippen LogP contribution in [0.25, 0.3) is 0 Å². The lowest BCUT2D eigenvalue weighted by molar-refractivity contribution is -0.124. The number of hydrogen-bond donors (Lipinski definition) is 2. The highest BCUT2D eigenvalue weighted by molar-refractivity contribution is 5.85. The summed E-state index contributed by atoms with van der Waals surface area (Å²) in [6.07, 6.45) is 7.54. The SMILES string of the molecule is CCCCC(CN)NC(=O)C1C2C3CCC(C3)C12.Cl. The number of unbranched alkanes of at least 4 members (excludes halogenated alkanes) is 1. The Labute approximate surface area is 122 Å². The van der Waals surface area contributed by atoms with E-state index < -0.39 is 0 Å². The molecule has 3 nitrogen and oxygen atoms in total. The number of halogens is 1. The highest BCUT2D eigenvalue weighted by Crippen LogP contribution is 2.69. The molecule has 5 atom stereocenters. The van der Waals surface area contributed by atoms with Gasteiger partial charge in [0, 0.05) is 18.5 Å². The van der Waals surface area contributed by atoms with E-state index in [4.69, 9.17) is 5.73 Å². The van der Waals surface area contributed by atoms with E-state index in [1.165, 1.54) is 25.7 Å². The molecule has 0 aromatic rings. The van der Waals surface area contributed by atoms with Gasteiger partial charge in [-0.25, -0.2) is 0 Å². The first-order valence-electron chi connectivity index (χ1n) is 7.76. The lowest BCUT2D eigenvalue weighted by Crippen LogP contribution is -2.41. The standard InChI is InChI=1S/C15H26N2O.ClH/c1-2-3-4-11(8-16)17-15(18)14-12-9-5-6-10(7-9)13(12)14;/h9-14H,2-8,16H2,1H3,(H,17,18);1H. The zero-order valence-corrected chi connectivity index (χ0v) is 12.6. The lowest BCUT2D eigenvalue weighted by Gasteiger charge is -2.17. The van der Waals surface area contributed by atoms with Crippen molar-refractivity contribution in [3.63, 3.8) is 0 Å². The van der Waals surface area contributed by atoms with Gasteiger partial charge >= 0.3 is 0 Å². The van der Waals surface area contributed by atoms with E-state index in [9.17, 15) is 4.79 Å². The number of nitrogens with one attached hydrogen (secondary N) is 1. The minimum atomic E-state index is 0. The molecule has 1 amide bonds. The summed E-state index contributed by atoms with van der Waals surface area (Å²) in [5, 5.41) is 3.20.